The van der Waals surface area contributed by atoms with E-state index in [1.165, 1.54) is 6.20 Å². The summed E-state index contributed by atoms with van der Waals surface area (Å²) in [5.41, 5.74) is 1.67. The van der Waals surface area contributed by atoms with Crippen LogP contribution in [0.15, 0.2) is 18.3 Å². The van der Waals surface area contributed by atoms with E-state index < -0.39 is 0 Å². The molecule has 2 aliphatic rings. The molecule has 1 saturated carbocycles. The quantitative estimate of drug-likeness (QED) is 0.922. The Labute approximate surface area is 134 Å². The van der Waals surface area contributed by atoms with E-state index in [9.17, 15) is 4.79 Å². The summed E-state index contributed by atoms with van der Waals surface area (Å²) in [4.78, 5) is 21.2. The first-order chi connectivity index (χ1) is 11.2. The molecular formula is C17H19N3O3. The van der Waals surface area contributed by atoms with E-state index in [2.05, 4.69) is 22.2 Å². The van der Waals surface area contributed by atoms with Crippen molar-refractivity contribution in [2.45, 2.75) is 38.6 Å². The van der Waals surface area contributed by atoms with Crippen LogP contribution in [0.4, 0.5) is 0 Å². The van der Waals surface area contributed by atoms with E-state index in [1.807, 2.05) is 0 Å². The maximum Gasteiger partial charge on any atom is 0.271 e. The Morgan fingerprint density at radius 2 is 1.83 bits per heavy atom. The molecule has 1 fully saturated rings. The standard InChI is InChI=1S/C17H19N3O3/c1-10-2-4-11(5-3-10)19-17(21)14-8-18-12-6-15-16(23-9-22-15)7-13(12)20-14/h6-8,10-11H,2-5,9H2,1H3,(H,19,21)/t10-,11-. The first-order valence-electron chi connectivity index (χ1n) is 8.06. The van der Waals surface area contributed by atoms with Crippen LogP contribution in [0.5, 0.6) is 11.5 Å². The minimum atomic E-state index is -0.156. The zero-order chi connectivity index (χ0) is 15.8. The summed E-state index contributed by atoms with van der Waals surface area (Å²) in [6.45, 7) is 2.47. The summed E-state index contributed by atoms with van der Waals surface area (Å²) in [7, 11) is 0. The second-order valence-electron chi connectivity index (χ2n) is 6.38. The molecule has 0 spiro atoms. The fraction of sp³-hybridized carbons (Fsp3) is 0.471. The minimum Gasteiger partial charge on any atom is -0.454 e. The summed E-state index contributed by atoms with van der Waals surface area (Å²) in [6, 6.07) is 3.80. The number of hydrogen-bond acceptors (Lipinski definition) is 5. The summed E-state index contributed by atoms with van der Waals surface area (Å²) < 4.78 is 10.7. The predicted octanol–water partition coefficient (Wildman–Crippen LogP) is 2.67. The van der Waals surface area contributed by atoms with E-state index in [4.69, 9.17) is 9.47 Å². The molecule has 1 aliphatic carbocycles. The summed E-state index contributed by atoms with van der Waals surface area (Å²) in [5.74, 6) is 1.91. The molecule has 1 aliphatic heterocycles. The van der Waals surface area contributed by atoms with Gasteiger partial charge in [0, 0.05) is 18.2 Å². The number of hydrogen-bond donors (Lipinski definition) is 1. The third kappa shape index (κ3) is 2.81. The van der Waals surface area contributed by atoms with Crippen LogP contribution < -0.4 is 14.8 Å². The Kier molecular flexibility index (Phi) is 3.52. The number of nitrogens with zero attached hydrogens (tertiary/aromatic N) is 2. The van der Waals surface area contributed by atoms with Gasteiger partial charge in [0.2, 0.25) is 6.79 Å². The van der Waals surface area contributed by atoms with Crippen molar-refractivity contribution < 1.29 is 14.3 Å². The average Bonchev–Trinajstić information content (AvgIpc) is 3.01. The van der Waals surface area contributed by atoms with Crippen LogP contribution in [-0.4, -0.2) is 28.7 Å². The van der Waals surface area contributed by atoms with Crippen molar-refractivity contribution in [3.05, 3.63) is 24.0 Å². The van der Waals surface area contributed by atoms with Gasteiger partial charge in [0.25, 0.3) is 5.91 Å². The van der Waals surface area contributed by atoms with Crippen LogP contribution in [0.25, 0.3) is 11.0 Å². The van der Waals surface area contributed by atoms with Crippen LogP contribution in [0.2, 0.25) is 0 Å². The topological polar surface area (TPSA) is 73.3 Å². The lowest BCUT2D eigenvalue weighted by Gasteiger charge is -2.26. The van der Waals surface area contributed by atoms with Crippen molar-refractivity contribution in [1.82, 2.24) is 15.3 Å². The van der Waals surface area contributed by atoms with E-state index in [0.29, 0.717) is 28.2 Å². The molecule has 4 rings (SSSR count). The minimum absolute atomic E-state index is 0.156. The smallest absolute Gasteiger partial charge is 0.271 e. The molecule has 1 N–H and O–H groups in total. The number of benzene rings is 1. The van der Waals surface area contributed by atoms with Gasteiger partial charge in [-0.05, 0) is 31.6 Å². The van der Waals surface area contributed by atoms with Crippen molar-refractivity contribution in [2.24, 2.45) is 5.92 Å². The molecular weight excluding hydrogens is 294 g/mol. The third-order valence-corrected chi connectivity index (χ3v) is 4.62. The highest BCUT2D eigenvalue weighted by Gasteiger charge is 2.22. The number of rotatable bonds is 2. The largest absolute Gasteiger partial charge is 0.454 e. The third-order valence-electron chi connectivity index (χ3n) is 4.62. The van der Waals surface area contributed by atoms with Crippen molar-refractivity contribution in [3.63, 3.8) is 0 Å². The first kappa shape index (κ1) is 14.2. The van der Waals surface area contributed by atoms with Crippen LogP contribution >= 0.6 is 0 Å². The number of carbonyl (C=O) groups is 1. The second kappa shape index (κ2) is 5.68. The molecule has 0 unspecified atom stereocenters. The van der Waals surface area contributed by atoms with Crippen LogP contribution in [0.1, 0.15) is 43.1 Å². The highest BCUT2D eigenvalue weighted by atomic mass is 16.7. The Morgan fingerprint density at radius 3 is 2.57 bits per heavy atom. The van der Waals surface area contributed by atoms with E-state index in [1.54, 1.807) is 12.1 Å². The Bertz CT molecular complexity index is 754. The van der Waals surface area contributed by atoms with Gasteiger partial charge in [-0.25, -0.2) is 4.98 Å². The number of nitrogens with one attached hydrogen (secondary N) is 1. The van der Waals surface area contributed by atoms with Gasteiger partial charge in [0.15, 0.2) is 11.5 Å². The van der Waals surface area contributed by atoms with Gasteiger partial charge in [-0.1, -0.05) is 6.92 Å². The number of carbonyl (C=O) groups excluding carboxylic acids is 1. The van der Waals surface area contributed by atoms with E-state index in [-0.39, 0.29) is 18.7 Å². The molecule has 1 aromatic heterocycles. The van der Waals surface area contributed by atoms with Crippen LogP contribution in [0, 0.1) is 5.92 Å². The lowest BCUT2D eigenvalue weighted by molar-refractivity contribution is 0.0918. The molecule has 0 saturated heterocycles. The SMILES string of the molecule is C[C@H]1CC[C@H](NC(=O)c2cnc3cc4c(cc3n2)OCO4)CC1. The molecule has 0 atom stereocenters. The maximum absolute atomic E-state index is 12.4. The molecule has 23 heavy (non-hydrogen) atoms. The van der Waals surface area contributed by atoms with Gasteiger partial charge in [0.1, 0.15) is 5.69 Å². The Balaban J connectivity index is 1.54. The monoisotopic (exact) mass is 313 g/mol. The molecule has 6 nitrogen and oxygen atoms in total. The fourth-order valence-corrected chi connectivity index (χ4v) is 3.18. The van der Waals surface area contributed by atoms with Crippen molar-refractivity contribution in [2.75, 3.05) is 6.79 Å². The molecule has 0 radical (unpaired) electrons. The van der Waals surface area contributed by atoms with E-state index >= 15 is 0 Å². The van der Waals surface area contributed by atoms with Gasteiger partial charge >= 0.3 is 0 Å². The Morgan fingerprint density at radius 1 is 1.13 bits per heavy atom. The molecule has 120 valence electrons. The van der Waals surface area contributed by atoms with E-state index in [0.717, 1.165) is 31.6 Å². The lowest BCUT2D eigenvalue weighted by atomic mass is 9.87. The lowest BCUT2D eigenvalue weighted by Crippen LogP contribution is -2.37. The van der Waals surface area contributed by atoms with Crippen molar-refractivity contribution >= 4 is 16.9 Å². The van der Waals surface area contributed by atoms with Crippen molar-refractivity contribution in [1.29, 1.82) is 0 Å². The zero-order valence-electron chi connectivity index (χ0n) is 13.0. The molecule has 1 aromatic carbocycles. The fourth-order valence-electron chi connectivity index (χ4n) is 3.18. The second-order valence-corrected chi connectivity index (χ2v) is 6.38. The summed E-state index contributed by atoms with van der Waals surface area (Å²) in [5, 5.41) is 3.08. The average molecular weight is 313 g/mol. The van der Waals surface area contributed by atoms with Crippen molar-refractivity contribution in [3.8, 4) is 11.5 Å². The van der Waals surface area contributed by atoms with Gasteiger partial charge in [0.05, 0.1) is 17.2 Å². The molecule has 0 bridgehead atoms. The normalized spacial score (nSPS) is 23.0. The van der Waals surface area contributed by atoms with Gasteiger partial charge in [-0.3, -0.25) is 9.78 Å². The predicted molar refractivity (Wildman–Crippen MR) is 84.5 cm³/mol. The number of amides is 1. The molecule has 2 aromatic rings. The summed E-state index contributed by atoms with van der Waals surface area (Å²) in [6.07, 6.45) is 5.92. The molecule has 2 heterocycles. The molecule has 1 amide bonds. The van der Waals surface area contributed by atoms with Gasteiger partial charge in [-0.2, -0.15) is 0 Å². The van der Waals surface area contributed by atoms with Crippen LogP contribution in [-0.2, 0) is 0 Å². The number of aromatic nitrogens is 2. The number of fused-ring (bicyclic) bond motifs is 2. The highest BCUT2D eigenvalue weighted by molar-refractivity contribution is 5.94. The molecule has 6 heteroatoms. The highest BCUT2D eigenvalue weighted by Crippen LogP contribution is 2.34. The van der Waals surface area contributed by atoms with Gasteiger partial charge in [-0.15, -0.1) is 0 Å². The summed E-state index contributed by atoms with van der Waals surface area (Å²) >= 11 is 0. The zero-order valence-corrected chi connectivity index (χ0v) is 13.0. The van der Waals surface area contributed by atoms with Crippen LogP contribution in [0.3, 0.4) is 0 Å². The number of ether oxygens (including phenoxy) is 2. The maximum atomic E-state index is 12.4. The Hall–Kier alpha value is -2.37. The van der Waals surface area contributed by atoms with Gasteiger partial charge < -0.3 is 14.8 Å². The first-order valence-corrected chi connectivity index (χ1v) is 8.06.